The van der Waals surface area contributed by atoms with E-state index in [4.69, 9.17) is 5.73 Å². The van der Waals surface area contributed by atoms with Crippen LogP contribution in [0.25, 0.3) is 0 Å². The summed E-state index contributed by atoms with van der Waals surface area (Å²) >= 11 is 0. The molecule has 0 atom stereocenters. The van der Waals surface area contributed by atoms with Gasteiger partial charge in [-0.05, 0) is 31.5 Å². The molecule has 0 unspecified atom stereocenters. The minimum atomic E-state index is 0.0977. The molecule has 20 heavy (non-hydrogen) atoms. The van der Waals surface area contributed by atoms with Crippen LogP contribution in [0.2, 0.25) is 0 Å². The van der Waals surface area contributed by atoms with E-state index in [0.29, 0.717) is 25.7 Å². The fraction of sp³-hybridized carbons (Fsp3) is 0.438. The largest absolute Gasteiger partial charge is 0.352 e. The van der Waals surface area contributed by atoms with Crippen LogP contribution in [0.15, 0.2) is 24.3 Å². The van der Waals surface area contributed by atoms with E-state index < -0.39 is 0 Å². The van der Waals surface area contributed by atoms with E-state index in [-0.39, 0.29) is 5.91 Å². The Hall–Kier alpha value is -1.83. The first-order valence-electron chi connectivity index (χ1n) is 6.94. The SMILES string of the molecule is CN(CC(=O)NC1CC1)Cc1ccccc1C#CCN. The molecule has 0 aliphatic heterocycles. The van der Waals surface area contributed by atoms with Crippen molar-refractivity contribution in [2.75, 3.05) is 20.1 Å². The van der Waals surface area contributed by atoms with Gasteiger partial charge >= 0.3 is 0 Å². The van der Waals surface area contributed by atoms with Crippen LogP contribution in [-0.4, -0.2) is 37.0 Å². The summed E-state index contributed by atoms with van der Waals surface area (Å²) in [5.41, 5.74) is 7.51. The molecule has 0 spiro atoms. The predicted molar refractivity (Wildman–Crippen MR) is 79.9 cm³/mol. The highest BCUT2D eigenvalue weighted by Crippen LogP contribution is 2.18. The fourth-order valence-corrected chi connectivity index (χ4v) is 2.02. The van der Waals surface area contributed by atoms with Crippen molar-refractivity contribution < 1.29 is 4.79 Å². The lowest BCUT2D eigenvalue weighted by molar-refractivity contribution is -0.122. The van der Waals surface area contributed by atoms with Crippen LogP contribution >= 0.6 is 0 Å². The zero-order valence-corrected chi connectivity index (χ0v) is 11.9. The molecule has 0 aromatic heterocycles. The molecule has 2 rings (SSSR count). The molecule has 1 aliphatic rings. The van der Waals surface area contributed by atoms with E-state index in [1.165, 1.54) is 0 Å². The van der Waals surface area contributed by atoms with Gasteiger partial charge in [0, 0.05) is 18.2 Å². The normalized spacial score (nSPS) is 13.8. The van der Waals surface area contributed by atoms with Crippen molar-refractivity contribution in [3.05, 3.63) is 35.4 Å². The Morgan fingerprint density at radius 3 is 2.90 bits per heavy atom. The quantitative estimate of drug-likeness (QED) is 0.775. The molecule has 1 aromatic rings. The maximum atomic E-state index is 11.8. The van der Waals surface area contributed by atoms with Gasteiger partial charge < -0.3 is 11.1 Å². The van der Waals surface area contributed by atoms with Crippen molar-refractivity contribution in [2.45, 2.75) is 25.4 Å². The fourth-order valence-electron chi connectivity index (χ4n) is 2.02. The molecule has 1 aliphatic carbocycles. The second-order valence-corrected chi connectivity index (χ2v) is 5.18. The molecule has 4 nitrogen and oxygen atoms in total. The standard InChI is InChI=1S/C16H21N3O/c1-19(12-16(20)18-15-8-9-15)11-14-6-3-2-5-13(14)7-4-10-17/h2-3,5-6,15H,8-12,17H2,1H3,(H,18,20). The minimum absolute atomic E-state index is 0.0977. The van der Waals surface area contributed by atoms with Gasteiger partial charge in [-0.2, -0.15) is 0 Å². The molecule has 0 heterocycles. The van der Waals surface area contributed by atoms with Crippen LogP contribution in [-0.2, 0) is 11.3 Å². The molecule has 0 bridgehead atoms. The highest BCUT2D eigenvalue weighted by molar-refractivity contribution is 5.78. The summed E-state index contributed by atoms with van der Waals surface area (Å²) in [6, 6.07) is 8.38. The summed E-state index contributed by atoms with van der Waals surface area (Å²) in [5.74, 6) is 6.04. The number of nitrogens with zero attached hydrogens (tertiary/aromatic N) is 1. The summed E-state index contributed by atoms with van der Waals surface area (Å²) in [4.78, 5) is 13.8. The topological polar surface area (TPSA) is 58.4 Å². The van der Waals surface area contributed by atoms with Crippen molar-refractivity contribution >= 4 is 5.91 Å². The number of nitrogens with one attached hydrogen (secondary N) is 1. The molecular weight excluding hydrogens is 250 g/mol. The summed E-state index contributed by atoms with van der Waals surface area (Å²) in [6.45, 7) is 1.47. The van der Waals surface area contributed by atoms with Crippen LogP contribution in [0, 0.1) is 11.8 Å². The number of nitrogens with two attached hydrogens (primary N) is 1. The summed E-state index contributed by atoms with van der Waals surface area (Å²) < 4.78 is 0. The third kappa shape index (κ3) is 4.69. The Morgan fingerprint density at radius 2 is 2.20 bits per heavy atom. The Morgan fingerprint density at radius 1 is 1.45 bits per heavy atom. The molecule has 0 radical (unpaired) electrons. The first-order chi connectivity index (χ1) is 9.69. The summed E-state index contributed by atoms with van der Waals surface area (Å²) in [5, 5.41) is 2.99. The highest BCUT2D eigenvalue weighted by Gasteiger charge is 2.23. The van der Waals surface area contributed by atoms with Gasteiger partial charge in [0.2, 0.25) is 5.91 Å². The number of carbonyl (C=O) groups excluding carboxylic acids is 1. The summed E-state index contributed by atoms with van der Waals surface area (Å²) in [6.07, 6.45) is 2.24. The van der Waals surface area contributed by atoms with E-state index in [0.717, 1.165) is 24.0 Å². The van der Waals surface area contributed by atoms with Crippen molar-refractivity contribution in [3.63, 3.8) is 0 Å². The Bertz CT molecular complexity index is 526. The number of likely N-dealkylation sites (N-methyl/N-ethyl adjacent to an activating group) is 1. The average Bonchev–Trinajstić information content (AvgIpc) is 3.21. The Kier molecular flexibility index (Phi) is 5.16. The number of benzene rings is 1. The van der Waals surface area contributed by atoms with Crippen LogP contribution in [0.4, 0.5) is 0 Å². The van der Waals surface area contributed by atoms with E-state index in [1.807, 2.05) is 36.2 Å². The number of amides is 1. The van der Waals surface area contributed by atoms with Gasteiger partial charge in [-0.15, -0.1) is 0 Å². The second kappa shape index (κ2) is 7.09. The van der Waals surface area contributed by atoms with Gasteiger partial charge in [0.15, 0.2) is 0 Å². The average molecular weight is 271 g/mol. The first kappa shape index (κ1) is 14.6. The highest BCUT2D eigenvalue weighted by atomic mass is 16.2. The van der Waals surface area contributed by atoms with E-state index in [1.54, 1.807) is 0 Å². The molecular formula is C16H21N3O. The van der Waals surface area contributed by atoms with Gasteiger partial charge in [0.1, 0.15) is 0 Å². The molecule has 0 saturated heterocycles. The van der Waals surface area contributed by atoms with Crippen molar-refractivity contribution in [1.82, 2.24) is 10.2 Å². The number of hydrogen-bond donors (Lipinski definition) is 2. The van der Waals surface area contributed by atoms with Crippen LogP contribution < -0.4 is 11.1 Å². The second-order valence-electron chi connectivity index (χ2n) is 5.18. The minimum Gasteiger partial charge on any atom is -0.352 e. The van der Waals surface area contributed by atoms with Crippen molar-refractivity contribution in [2.24, 2.45) is 5.73 Å². The van der Waals surface area contributed by atoms with Crippen LogP contribution in [0.5, 0.6) is 0 Å². The molecule has 4 heteroatoms. The molecule has 106 valence electrons. The van der Waals surface area contributed by atoms with Gasteiger partial charge in [0.25, 0.3) is 0 Å². The van der Waals surface area contributed by atoms with Gasteiger partial charge in [0.05, 0.1) is 13.1 Å². The Labute approximate surface area is 120 Å². The summed E-state index contributed by atoms with van der Waals surface area (Å²) in [7, 11) is 1.94. The zero-order valence-electron chi connectivity index (χ0n) is 11.9. The number of hydrogen-bond acceptors (Lipinski definition) is 3. The third-order valence-electron chi connectivity index (χ3n) is 3.14. The molecule has 1 saturated carbocycles. The van der Waals surface area contributed by atoms with E-state index >= 15 is 0 Å². The predicted octanol–water partition coefficient (Wildman–Crippen LogP) is 0.707. The lowest BCUT2D eigenvalue weighted by Crippen LogP contribution is -2.36. The third-order valence-corrected chi connectivity index (χ3v) is 3.14. The van der Waals surface area contributed by atoms with Crippen LogP contribution in [0.1, 0.15) is 24.0 Å². The molecule has 1 fully saturated rings. The van der Waals surface area contributed by atoms with Gasteiger partial charge in [-0.25, -0.2) is 0 Å². The molecule has 1 amide bonds. The first-order valence-corrected chi connectivity index (χ1v) is 6.94. The van der Waals surface area contributed by atoms with Gasteiger partial charge in [-0.1, -0.05) is 30.0 Å². The van der Waals surface area contributed by atoms with Gasteiger partial charge in [-0.3, -0.25) is 9.69 Å². The smallest absolute Gasteiger partial charge is 0.234 e. The van der Waals surface area contributed by atoms with E-state index in [9.17, 15) is 4.79 Å². The maximum Gasteiger partial charge on any atom is 0.234 e. The monoisotopic (exact) mass is 271 g/mol. The number of carbonyl (C=O) groups is 1. The zero-order chi connectivity index (χ0) is 14.4. The van der Waals surface area contributed by atoms with Crippen molar-refractivity contribution in [3.8, 4) is 11.8 Å². The van der Waals surface area contributed by atoms with Crippen LogP contribution in [0.3, 0.4) is 0 Å². The maximum absolute atomic E-state index is 11.8. The van der Waals surface area contributed by atoms with Crippen molar-refractivity contribution in [1.29, 1.82) is 0 Å². The molecule has 3 N–H and O–H groups in total. The lowest BCUT2D eigenvalue weighted by Gasteiger charge is -2.17. The van der Waals surface area contributed by atoms with E-state index in [2.05, 4.69) is 17.2 Å². The molecule has 1 aromatic carbocycles. The Balaban J connectivity index is 1.92. The number of rotatable bonds is 5. The lowest BCUT2D eigenvalue weighted by atomic mass is 10.1.